The highest BCUT2D eigenvalue weighted by molar-refractivity contribution is 7.16. The molecule has 1 unspecified atom stereocenters. The summed E-state index contributed by atoms with van der Waals surface area (Å²) in [5, 5.41) is 8.26. The fraction of sp³-hybridized carbons (Fsp3) is 0.414. The number of thiazole rings is 1. The summed E-state index contributed by atoms with van der Waals surface area (Å²) in [6, 6.07) is 11.0. The third-order valence-corrected chi connectivity index (χ3v) is 7.25. The van der Waals surface area contributed by atoms with Crippen molar-refractivity contribution in [2.75, 3.05) is 7.11 Å². The Hall–Kier alpha value is -2.63. The first-order valence-electron chi connectivity index (χ1n) is 12.4. The lowest BCUT2D eigenvalue weighted by Gasteiger charge is -2.24. The van der Waals surface area contributed by atoms with Crippen LogP contribution >= 0.6 is 11.3 Å². The Labute approximate surface area is 207 Å². The lowest BCUT2D eigenvalue weighted by Crippen LogP contribution is -2.10. The van der Waals surface area contributed by atoms with E-state index in [4.69, 9.17) is 10.1 Å². The molecule has 2 heterocycles. The van der Waals surface area contributed by atoms with Gasteiger partial charge in [-0.15, -0.1) is 11.3 Å². The second kappa shape index (κ2) is 12.2. The first-order valence-corrected chi connectivity index (χ1v) is 13.3. The second-order valence-corrected chi connectivity index (χ2v) is 9.24. The number of benzene rings is 2. The van der Waals surface area contributed by atoms with Crippen molar-refractivity contribution in [2.45, 2.75) is 72.1 Å². The van der Waals surface area contributed by atoms with E-state index in [-0.39, 0.29) is 5.92 Å². The summed E-state index contributed by atoms with van der Waals surface area (Å²) >= 11 is 1.67. The fourth-order valence-electron chi connectivity index (χ4n) is 5.10. The SMILES string of the molecule is CC.CCCC(C=O)c1c(C)nc2ccc3c(c2c1-c1ccc2ncsc2c1)CCCC3.CO. The molecule has 4 nitrogen and oxygen atoms in total. The van der Waals surface area contributed by atoms with Gasteiger partial charge in [0.15, 0.2) is 0 Å². The second-order valence-electron chi connectivity index (χ2n) is 8.36. The molecule has 0 amide bonds. The lowest BCUT2D eigenvalue weighted by molar-refractivity contribution is -0.109. The topological polar surface area (TPSA) is 63.1 Å². The molecule has 1 atom stereocenters. The van der Waals surface area contributed by atoms with Crippen LogP contribution in [-0.2, 0) is 17.6 Å². The molecule has 1 aliphatic rings. The molecule has 1 aliphatic carbocycles. The Morgan fingerprint density at radius 3 is 2.56 bits per heavy atom. The minimum atomic E-state index is -0.126. The summed E-state index contributed by atoms with van der Waals surface area (Å²) in [5.74, 6) is -0.126. The molecule has 4 aromatic rings. The van der Waals surface area contributed by atoms with Crippen LogP contribution in [0.15, 0.2) is 35.8 Å². The number of rotatable bonds is 5. The van der Waals surface area contributed by atoms with Crippen LogP contribution < -0.4 is 0 Å². The van der Waals surface area contributed by atoms with E-state index in [1.165, 1.54) is 45.2 Å². The number of aromatic nitrogens is 2. The molecular weight excluding hydrogens is 440 g/mol. The Morgan fingerprint density at radius 1 is 1.09 bits per heavy atom. The van der Waals surface area contributed by atoms with Crippen molar-refractivity contribution in [1.29, 1.82) is 0 Å². The van der Waals surface area contributed by atoms with Crippen molar-refractivity contribution >= 4 is 38.7 Å². The number of nitrogens with zero attached hydrogens (tertiary/aromatic N) is 2. The van der Waals surface area contributed by atoms with Gasteiger partial charge in [-0.25, -0.2) is 4.98 Å². The van der Waals surface area contributed by atoms with Crippen molar-refractivity contribution in [2.24, 2.45) is 0 Å². The number of aliphatic hydroxyl groups is 1. The minimum absolute atomic E-state index is 0.126. The molecule has 0 fully saturated rings. The summed E-state index contributed by atoms with van der Waals surface area (Å²) < 4.78 is 1.18. The molecule has 1 N–H and O–H groups in total. The number of carbonyl (C=O) groups excluding carboxylic acids is 1. The van der Waals surface area contributed by atoms with Gasteiger partial charge in [0.2, 0.25) is 0 Å². The number of pyridine rings is 1. The van der Waals surface area contributed by atoms with Crippen molar-refractivity contribution in [1.82, 2.24) is 9.97 Å². The van der Waals surface area contributed by atoms with Gasteiger partial charge < -0.3 is 9.90 Å². The standard InChI is InChI=1S/C26H26N2OS.C2H6.CH4O/c1-3-6-19(14-29)24-16(2)28-22-12-9-17-7-4-5-8-20(17)26(22)25(24)18-10-11-21-23(13-18)30-15-27-21;2*1-2/h9-15,19H,3-8H2,1-2H3;1-2H3;2H,1H3. The van der Waals surface area contributed by atoms with Crippen molar-refractivity contribution < 1.29 is 9.90 Å². The van der Waals surface area contributed by atoms with Gasteiger partial charge in [-0.1, -0.05) is 39.3 Å². The molecule has 2 aromatic heterocycles. The van der Waals surface area contributed by atoms with Crippen LogP contribution in [0.1, 0.15) is 74.8 Å². The Kier molecular flexibility index (Phi) is 9.31. The first-order chi connectivity index (χ1) is 16.7. The number of carbonyl (C=O) groups is 1. The van der Waals surface area contributed by atoms with Crippen molar-refractivity contribution in [3.8, 4) is 11.1 Å². The van der Waals surface area contributed by atoms with E-state index in [0.717, 1.165) is 61.4 Å². The number of hydrogen-bond acceptors (Lipinski definition) is 5. The van der Waals surface area contributed by atoms with Crippen molar-refractivity contribution in [3.05, 3.63) is 58.2 Å². The number of hydrogen-bond donors (Lipinski definition) is 1. The highest BCUT2D eigenvalue weighted by Gasteiger charge is 2.25. The normalized spacial score (nSPS) is 13.4. The van der Waals surface area contributed by atoms with Crippen LogP contribution in [0, 0.1) is 6.92 Å². The van der Waals surface area contributed by atoms with Crippen LogP contribution in [-0.4, -0.2) is 28.5 Å². The molecule has 0 spiro atoms. The monoisotopic (exact) mass is 476 g/mol. The van der Waals surface area contributed by atoms with E-state index >= 15 is 0 Å². The van der Waals surface area contributed by atoms with Gasteiger partial charge in [-0.3, -0.25) is 4.98 Å². The zero-order valence-electron chi connectivity index (χ0n) is 21.0. The molecule has 0 saturated heterocycles. The van der Waals surface area contributed by atoms with Crippen LogP contribution in [0.4, 0.5) is 0 Å². The van der Waals surface area contributed by atoms with E-state index in [0.29, 0.717) is 0 Å². The highest BCUT2D eigenvalue weighted by Crippen LogP contribution is 2.42. The number of fused-ring (bicyclic) bond motifs is 4. The quantitative estimate of drug-likeness (QED) is 0.305. The van der Waals surface area contributed by atoms with Gasteiger partial charge in [0, 0.05) is 24.1 Å². The average Bonchev–Trinajstić information content (AvgIpc) is 3.37. The Balaban J connectivity index is 0.000000771. The van der Waals surface area contributed by atoms with Gasteiger partial charge in [0.05, 0.1) is 21.2 Å². The molecule has 2 aromatic carbocycles. The maximum atomic E-state index is 12.2. The minimum Gasteiger partial charge on any atom is -0.400 e. The number of aldehydes is 1. The van der Waals surface area contributed by atoms with E-state index < -0.39 is 0 Å². The van der Waals surface area contributed by atoms with Gasteiger partial charge in [-0.05, 0) is 85.0 Å². The smallest absolute Gasteiger partial charge is 0.127 e. The predicted octanol–water partition coefficient (Wildman–Crippen LogP) is 7.42. The van der Waals surface area contributed by atoms with Gasteiger partial charge >= 0.3 is 0 Å². The molecule has 0 bridgehead atoms. The Morgan fingerprint density at radius 2 is 1.82 bits per heavy atom. The largest absolute Gasteiger partial charge is 0.400 e. The molecule has 0 saturated carbocycles. The van der Waals surface area contributed by atoms with Crippen LogP contribution in [0.25, 0.3) is 32.2 Å². The third-order valence-electron chi connectivity index (χ3n) is 6.46. The first kappa shape index (κ1) is 26.0. The maximum Gasteiger partial charge on any atom is 0.127 e. The molecule has 0 radical (unpaired) electrons. The zero-order valence-corrected chi connectivity index (χ0v) is 21.8. The predicted molar refractivity (Wildman–Crippen MR) is 145 cm³/mol. The highest BCUT2D eigenvalue weighted by atomic mass is 32.1. The summed E-state index contributed by atoms with van der Waals surface area (Å²) in [6.45, 7) is 8.21. The Bertz CT molecular complexity index is 1260. The van der Waals surface area contributed by atoms with E-state index in [1.54, 1.807) is 11.3 Å². The van der Waals surface area contributed by atoms with E-state index in [1.807, 2.05) is 19.4 Å². The molecule has 5 rings (SSSR count). The van der Waals surface area contributed by atoms with E-state index in [2.05, 4.69) is 49.2 Å². The third kappa shape index (κ3) is 4.91. The molecule has 5 heteroatoms. The van der Waals surface area contributed by atoms with Gasteiger partial charge in [-0.2, -0.15) is 0 Å². The van der Waals surface area contributed by atoms with Crippen LogP contribution in [0.3, 0.4) is 0 Å². The summed E-state index contributed by atoms with van der Waals surface area (Å²) in [5.41, 5.74) is 11.4. The molecule has 34 heavy (non-hydrogen) atoms. The van der Waals surface area contributed by atoms with Crippen LogP contribution in [0.5, 0.6) is 0 Å². The number of aryl methyl sites for hydroxylation is 3. The fourth-order valence-corrected chi connectivity index (χ4v) is 5.82. The maximum absolute atomic E-state index is 12.2. The van der Waals surface area contributed by atoms with Crippen LogP contribution in [0.2, 0.25) is 0 Å². The average molecular weight is 477 g/mol. The summed E-state index contributed by atoms with van der Waals surface area (Å²) in [6.07, 6.45) is 7.64. The van der Waals surface area contributed by atoms with Gasteiger partial charge in [0.1, 0.15) is 6.29 Å². The lowest BCUT2D eigenvalue weighted by atomic mass is 9.81. The van der Waals surface area contributed by atoms with Crippen molar-refractivity contribution in [3.63, 3.8) is 0 Å². The zero-order chi connectivity index (χ0) is 24.7. The summed E-state index contributed by atoms with van der Waals surface area (Å²) in [7, 11) is 1.00. The molecular formula is C29H36N2O2S. The summed E-state index contributed by atoms with van der Waals surface area (Å²) in [4.78, 5) is 21.7. The molecule has 180 valence electrons. The number of aliphatic hydroxyl groups excluding tert-OH is 1. The molecule has 0 aliphatic heterocycles. The van der Waals surface area contributed by atoms with Gasteiger partial charge in [0.25, 0.3) is 0 Å². The van der Waals surface area contributed by atoms with E-state index in [9.17, 15) is 4.79 Å².